The summed E-state index contributed by atoms with van der Waals surface area (Å²) in [6.07, 6.45) is 1.80. The number of aryl methyl sites for hydroxylation is 1. The molecule has 1 N–H and O–H groups in total. The van der Waals surface area contributed by atoms with Gasteiger partial charge in [-0.05, 0) is 31.2 Å². The molecule has 1 aliphatic rings. The quantitative estimate of drug-likeness (QED) is 0.824. The highest BCUT2D eigenvalue weighted by molar-refractivity contribution is 5.39. The molecule has 2 atom stereocenters. The molecule has 0 aliphatic heterocycles. The average molecular weight is 218 g/mol. The van der Waals surface area contributed by atoms with Crippen molar-refractivity contribution in [1.82, 2.24) is 0 Å². The third-order valence-corrected chi connectivity index (χ3v) is 3.98. The monoisotopic (exact) mass is 218 g/mol. The first-order chi connectivity index (χ1) is 7.37. The minimum atomic E-state index is -0.476. The first-order valence-electron chi connectivity index (χ1n) is 6.17. The maximum atomic E-state index is 10.5. The molecule has 0 amide bonds. The second-order valence-corrected chi connectivity index (χ2v) is 6.00. The Morgan fingerprint density at radius 2 is 1.81 bits per heavy atom. The summed E-state index contributed by atoms with van der Waals surface area (Å²) in [5, 5.41) is 10.5. The fourth-order valence-corrected chi connectivity index (χ4v) is 2.81. The van der Waals surface area contributed by atoms with Gasteiger partial charge in [0.15, 0.2) is 0 Å². The fraction of sp³-hybridized carbons (Fsp3) is 0.600. The van der Waals surface area contributed by atoms with Crippen molar-refractivity contribution in [3.8, 4) is 0 Å². The summed E-state index contributed by atoms with van der Waals surface area (Å²) in [4.78, 5) is 0. The smallest absolute Gasteiger partial charge is 0.0754 e. The Labute approximate surface area is 98.5 Å². The van der Waals surface area contributed by atoms with Crippen LogP contribution in [0.2, 0.25) is 0 Å². The van der Waals surface area contributed by atoms with Crippen LogP contribution in [-0.2, 0) is 5.41 Å². The van der Waals surface area contributed by atoms with Crippen LogP contribution in [0.5, 0.6) is 0 Å². The second-order valence-electron chi connectivity index (χ2n) is 6.00. The van der Waals surface area contributed by atoms with E-state index in [2.05, 4.69) is 52.0 Å². The van der Waals surface area contributed by atoms with E-state index in [1.54, 1.807) is 0 Å². The van der Waals surface area contributed by atoms with Gasteiger partial charge in [0, 0.05) is 5.41 Å². The summed E-state index contributed by atoms with van der Waals surface area (Å²) in [5.41, 5.74) is 2.06. The maximum absolute atomic E-state index is 10.5. The molecule has 0 saturated heterocycles. The Kier molecular flexibility index (Phi) is 2.62. The van der Waals surface area contributed by atoms with Gasteiger partial charge in [-0.15, -0.1) is 0 Å². The SMILES string of the molecule is Cc1ccc(C2(C)CC2(O)CC(C)C)cc1. The molecule has 1 heteroatoms. The van der Waals surface area contributed by atoms with Crippen LogP contribution in [0.4, 0.5) is 0 Å². The molecule has 1 aromatic rings. The maximum Gasteiger partial charge on any atom is 0.0754 e. The van der Waals surface area contributed by atoms with Gasteiger partial charge < -0.3 is 5.11 Å². The number of hydrogen-bond donors (Lipinski definition) is 1. The number of aliphatic hydroxyl groups is 1. The van der Waals surface area contributed by atoms with Gasteiger partial charge in [0.05, 0.1) is 5.60 Å². The van der Waals surface area contributed by atoms with Crippen molar-refractivity contribution in [2.45, 2.75) is 51.6 Å². The van der Waals surface area contributed by atoms with Gasteiger partial charge in [0.1, 0.15) is 0 Å². The van der Waals surface area contributed by atoms with Crippen molar-refractivity contribution in [3.05, 3.63) is 35.4 Å². The lowest BCUT2D eigenvalue weighted by atomic mass is 9.89. The van der Waals surface area contributed by atoms with Gasteiger partial charge in [-0.3, -0.25) is 0 Å². The molecule has 0 heterocycles. The van der Waals surface area contributed by atoms with Crippen molar-refractivity contribution < 1.29 is 5.11 Å². The summed E-state index contributed by atoms with van der Waals surface area (Å²) < 4.78 is 0. The van der Waals surface area contributed by atoms with Crippen LogP contribution in [-0.4, -0.2) is 10.7 Å². The zero-order valence-corrected chi connectivity index (χ0v) is 10.7. The van der Waals surface area contributed by atoms with Crippen LogP contribution >= 0.6 is 0 Å². The van der Waals surface area contributed by atoms with Gasteiger partial charge in [-0.2, -0.15) is 0 Å². The Balaban J connectivity index is 2.20. The average Bonchev–Trinajstić information content (AvgIpc) is 2.69. The van der Waals surface area contributed by atoms with E-state index in [0.717, 1.165) is 12.8 Å². The van der Waals surface area contributed by atoms with E-state index < -0.39 is 5.60 Å². The van der Waals surface area contributed by atoms with Crippen LogP contribution in [0, 0.1) is 12.8 Å². The molecule has 1 saturated carbocycles. The van der Waals surface area contributed by atoms with Crippen LogP contribution in [0.25, 0.3) is 0 Å². The summed E-state index contributed by atoms with van der Waals surface area (Å²) in [6.45, 7) is 8.62. The van der Waals surface area contributed by atoms with Crippen LogP contribution in [0.1, 0.15) is 44.7 Å². The van der Waals surface area contributed by atoms with E-state index in [1.165, 1.54) is 11.1 Å². The highest BCUT2D eigenvalue weighted by Crippen LogP contribution is 2.60. The number of rotatable bonds is 3. The molecule has 2 unspecified atom stereocenters. The van der Waals surface area contributed by atoms with E-state index in [1.807, 2.05) is 0 Å². The zero-order chi connectivity index (χ0) is 12.0. The first-order valence-corrected chi connectivity index (χ1v) is 6.17. The molecular formula is C15H22O. The third-order valence-electron chi connectivity index (χ3n) is 3.98. The van der Waals surface area contributed by atoms with Gasteiger partial charge in [-0.1, -0.05) is 50.6 Å². The molecule has 1 fully saturated rings. The van der Waals surface area contributed by atoms with Crippen molar-refractivity contribution in [2.75, 3.05) is 0 Å². The van der Waals surface area contributed by atoms with Crippen molar-refractivity contribution in [1.29, 1.82) is 0 Å². The third kappa shape index (κ3) is 1.78. The topological polar surface area (TPSA) is 20.2 Å². The Bertz CT molecular complexity index is 379. The van der Waals surface area contributed by atoms with Gasteiger partial charge in [0.2, 0.25) is 0 Å². The van der Waals surface area contributed by atoms with Crippen molar-refractivity contribution >= 4 is 0 Å². The highest BCUT2D eigenvalue weighted by atomic mass is 16.3. The molecule has 1 aromatic carbocycles. The molecule has 88 valence electrons. The largest absolute Gasteiger partial charge is 0.389 e. The molecule has 0 bridgehead atoms. The highest BCUT2D eigenvalue weighted by Gasteiger charge is 2.64. The van der Waals surface area contributed by atoms with Crippen LogP contribution < -0.4 is 0 Å². The predicted octanol–water partition coefficient (Wildman–Crippen LogP) is 3.43. The molecule has 0 spiro atoms. The van der Waals surface area contributed by atoms with E-state index in [9.17, 15) is 5.11 Å². The molecule has 16 heavy (non-hydrogen) atoms. The van der Waals surface area contributed by atoms with Crippen molar-refractivity contribution in [2.24, 2.45) is 5.92 Å². The second kappa shape index (κ2) is 3.59. The predicted molar refractivity (Wildman–Crippen MR) is 67.6 cm³/mol. The fourth-order valence-electron chi connectivity index (χ4n) is 2.81. The van der Waals surface area contributed by atoms with E-state index in [4.69, 9.17) is 0 Å². The Morgan fingerprint density at radius 3 is 2.31 bits per heavy atom. The van der Waals surface area contributed by atoms with Crippen LogP contribution in [0.3, 0.4) is 0 Å². The summed E-state index contributed by atoms with van der Waals surface area (Å²) in [7, 11) is 0. The normalized spacial score (nSPS) is 33.1. The summed E-state index contributed by atoms with van der Waals surface area (Å²) >= 11 is 0. The van der Waals surface area contributed by atoms with E-state index >= 15 is 0 Å². The minimum absolute atomic E-state index is 0.0228. The number of hydrogen-bond acceptors (Lipinski definition) is 1. The van der Waals surface area contributed by atoms with Crippen molar-refractivity contribution in [3.63, 3.8) is 0 Å². The number of benzene rings is 1. The van der Waals surface area contributed by atoms with Gasteiger partial charge >= 0.3 is 0 Å². The molecule has 1 aliphatic carbocycles. The Hall–Kier alpha value is -0.820. The molecule has 0 radical (unpaired) electrons. The molecule has 2 rings (SSSR count). The summed E-state index contributed by atoms with van der Waals surface area (Å²) in [5.74, 6) is 0.553. The first kappa shape index (κ1) is 11.7. The summed E-state index contributed by atoms with van der Waals surface area (Å²) in [6, 6.07) is 8.59. The lowest BCUT2D eigenvalue weighted by Crippen LogP contribution is -2.23. The molecule has 1 nitrogen and oxygen atoms in total. The van der Waals surface area contributed by atoms with Crippen LogP contribution in [0.15, 0.2) is 24.3 Å². The van der Waals surface area contributed by atoms with E-state index in [0.29, 0.717) is 5.92 Å². The van der Waals surface area contributed by atoms with E-state index in [-0.39, 0.29) is 5.41 Å². The standard InChI is InChI=1S/C15H22O/c1-11(2)9-15(16)10-14(15,4)13-7-5-12(3)6-8-13/h5-8,11,16H,9-10H2,1-4H3. The van der Waals surface area contributed by atoms with Gasteiger partial charge in [-0.25, -0.2) is 0 Å². The molecular weight excluding hydrogens is 196 g/mol. The lowest BCUT2D eigenvalue weighted by Gasteiger charge is -2.20. The Morgan fingerprint density at radius 1 is 1.25 bits per heavy atom. The molecule has 0 aromatic heterocycles. The zero-order valence-electron chi connectivity index (χ0n) is 10.7. The van der Waals surface area contributed by atoms with Gasteiger partial charge in [0.25, 0.3) is 0 Å². The minimum Gasteiger partial charge on any atom is -0.389 e. The lowest BCUT2D eigenvalue weighted by molar-refractivity contribution is 0.100.